The van der Waals surface area contributed by atoms with Crippen molar-refractivity contribution in [3.8, 4) is 0 Å². The number of benzene rings is 1. The van der Waals surface area contributed by atoms with Gasteiger partial charge in [0.1, 0.15) is 18.1 Å². The van der Waals surface area contributed by atoms with Gasteiger partial charge in [-0.15, -0.1) is 0 Å². The maximum absolute atomic E-state index is 13.4. The third kappa shape index (κ3) is 9.93. The fourth-order valence-corrected chi connectivity index (χ4v) is 4.56. The Kier molecular flexibility index (Phi) is 12.2. The molecule has 0 radical (unpaired) electrons. The summed E-state index contributed by atoms with van der Waals surface area (Å²) in [4.78, 5) is 73.1. The van der Waals surface area contributed by atoms with Crippen LogP contribution in [0.5, 0.6) is 0 Å². The average molecular weight is 598 g/mol. The smallest absolute Gasteiger partial charge is 0.326 e. The third-order valence-corrected chi connectivity index (χ3v) is 6.94. The Hall–Kier alpha value is -4.76. The zero-order chi connectivity index (χ0) is 31.4. The summed E-state index contributed by atoms with van der Waals surface area (Å²) < 4.78 is 0. The van der Waals surface area contributed by atoms with Gasteiger partial charge in [-0.05, 0) is 37.4 Å². The van der Waals surface area contributed by atoms with Gasteiger partial charge in [0.2, 0.25) is 23.6 Å². The Morgan fingerprint density at radius 2 is 1.58 bits per heavy atom. The highest BCUT2D eigenvalue weighted by Crippen LogP contribution is 2.19. The minimum atomic E-state index is -1.34. The van der Waals surface area contributed by atoms with Crippen molar-refractivity contribution in [2.45, 2.75) is 69.1 Å². The highest BCUT2D eigenvalue weighted by molar-refractivity contribution is 5.94. The van der Waals surface area contributed by atoms with Crippen LogP contribution in [0.15, 0.2) is 43.0 Å². The molecule has 0 saturated heterocycles. The minimum absolute atomic E-state index is 0.00440. The van der Waals surface area contributed by atoms with Crippen molar-refractivity contribution in [3.05, 3.63) is 54.2 Å². The Balaban J connectivity index is 1.75. The molecule has 0 saturated carbocycles. The molecule has 3 rings (SSSR count). The van der Waals surface area contributed by atoms with Gasteiger partial charge < -0.3 is 48.2 Å². The van der Waals surface area contributed by atoms with Gasteiger partial charge in [0.05, 0.1) is 12.4 Å². The topological polar surface area (TPSA) is 264 Å². The van der Waals surface area contributed by atoms with Crippen molar-refractivity contribution < 1.29 is 29.1 Å². The summed E-state index contributed by atoms with van der Waals surface area (Å²) in [6, 6.07) is 2.59. The number of aliphatic carboxylic acids is 1. The number of nitrogens with one attached hydrogen (secondary N) is 5. The number of amides is 4. The van der Waals surface area contributed by atoms with Crippen LogP contribution in [0, 0.1) is 0 Å². The lowest BCUT2D eigenvalue weighted by atomic mass is 10.0. The largest absolute Gasteiger partial charge is 0.480 e. The first-order chi connectivity index (χ1) is 20.6. The summed E-state index contributed by atoms with van der Waals surface area (Å²) in [6.45, 7) is 0.457. The second kappa shape index (κ2) is 16.0. The number of aromatic amines is 2. The van der Waals surface area contributed by atoms with Crippen LogP contribution >= 0.6 is 0 Å². The normalized spacial score (nSPS) is 13.9. The van der Waals surface area contributed by atoms with Crippen molar-refractivity contribution in [2.75, 3.05) is 6.54 Å². The molecule has 12 N–H and O–H groups in total. The van der Waals surface area contributed by atoms with Crippen LogP contribution in [0.1, 0.15) is 43.4 Å². The predicted octanol–water partition coefficient (Wildman–Crippen LogP) is -1.06. The van der Waals surface area contributed by atoms with E-state index in [1.165, 1.54) is 12.5 Å². The number of carboxylic acid groups (broad SMARTS) is 1. The molecule has 0 aliphatic heterocycles. The minimum Gasteiger partial charge on any atom is -0.480 e. The first-order valence-corrected chi connectivity index (χ1v) is 14.0. The molecular formula is C28H39N9O6. The fraction of sp³-hybridized carbons (Fsp3) is 0.429. The van der Waals surface area contributed by atoms with Crippen LogP contribution in [0.25, 0.3) is 10.9 Å². The number of H-pyrrole nitrogens is 2. The van der Waals surface area contributed by atoms with Crippen molar-refractivity contribution in [1.82, 2.24) is 30.9 Å². The van der Waals surface area contributed by atoms with Crippen LogP contribution < -0.4 is 33.2 Å². The monoisotopic (exact) mass is 597 g/mol. The Bertz CT molecular complexity index is 1390. The molecule has 0 bridgehead atoms. The Labute approximate surface area is 247 Å². The number of aromatic nitrogens is 3. The van der Waals surface area contributed by atoms with E-state index in [4.69, 9.17) is 17.2 Å². The van der Waals surface area contributed by atoms with Gasteiger partial charge in [-0.1, -0.05) is 24.6 Å². The standard InChI is InChI=1S/C28H39N9O6/c29-10-4-3-6-19(30)25(39)36-22(12-17-14-32-15-34-17)27(41)35-21(8-9-24(31)38)26(40)37-23(28(42)43)11-16-13-33-20-7-2-1-5-18(16)20/h1-2,5,7,13-15,19,21-23,33H,3-4,6,8-12,29-30H2,(H2,31,38)(H,32,34)(H,35,41)(H,36,39)(H,37,40)(H,42,43). The molecule has 4 amide bonds. The molecule has 3 aromatic rings. The molecule has 4 unspecified atom stereocenters. The second-order valence-corrected chi connectivity index (χ2v) is 10.3. The molecule has 15 nitrogen and oxygen atoms in total. The highest BCUT2D eigenvalue weighted by atomic mass is 16.4. The number of primary amides is 1. The van der Waals surface area contributed by atoms with Crippen LogP contribution in [0.2, 0.25) is 0 Å². The molecule has 2 heterocycles. The number of rotatable bonds is 18. The van der Waals surface area contributed by atoms with Gasteiger partial charge >= 0.3 is 5.97 Å². The Morgan fingerprint density at radius 3 is 2.26 bits per heavy atom. The van der Waals surface area contributed by atoms with Crippen molar-refractivity contribution in [3.63, 3.8) is 0 Å². The van der Waals surface area contributed by atoms with E-state index in [1.807, 2.05) is 24.3 Å². The van der Waals surface area contributed by atoms with E-state index in [2.05, 4.69) is 30.9 Å². The SMILES string of the molecule is NCCCCC(N)C(=O)NC(Cc1cnc[nH]1)C(=O)NC(CCC(N)=O)C(=O)NC(Cc1c[nH]c2ccccc12)C(=O)O. The van der Waals surface area contributed by atoms with E-state index in [9.17, 15) is 29.1 Å². The van der Waals surface area contributed by atoms with E-state index in [0.29, 0.717) is 37.1 Å². The lowest BCUT2D eigenvalue weighted by Crippen LogP contribution is -2.58. The van der Waals surface area contributed by atoms with Crippen LogP contribution in [0.3, 0.4) is 0 Å². The number of hydrogen-bond acceptors (Lipinski definition) is 8. The molecule has 232 valence electrons. The maximum Gasteiger partial charge on any atom is 0.326 e. The molecule has 43 heavy (non-hydrogen) atoms. The van der Waals surface area contributed by atoms with Gasteiger partial charge in [0.15, 0.2) is 0 Å². The van der Waals surface area contributed by atoms with Crippen molar-refractivity contribution in [2.24, 2.45) is 17.2 Å². The molecule has 0 aliphatic carbocycles. The number of carboxylic acids is 1. The molecule has 0 aliphatic rings. The zero-order valence-electron chi connectivity index (χ0n) is 23.7. The number of hydrogen-bond donors (Lipinski definition) is 9. The summed E-state index contributed by atoms with van der Waals surface area (Å²) in [5, 5.41) is 18.3. The summed E-state index contributed by atoms with van der Waals surface area (Å²) in [5.41, 5.74) is 18.8. The van der Waals surface area contributed by atoms with Gasteiger partial charge in [0.25, 0.3) is 0 Å². The number of imidazole rings is 1. The maximum atomic E-state index is 13.4. The average Bonchev–Trinajstić information content (AvgIpc) is 3.64. The van der Waals surface area contributed by atoms with E-state index >= 15 is 0 Å². The van der Waals surface area contributed by atoms with Crippen molar-refractivity contribution in [1.29, 1.82) is 0 Å². The van der Waals surface area contributed by atoms with Gasteiger partial charge in [0, 0.05) is 48.3 Å². The lowest BCUT2D eigenvalue weighted by molar-refractivity contribution is -0.142. The molecule has 0 spiro atoms. The summed E-state index contributed by atoms with van der Waals surface area (Å²) in [6.07, 6.45) is 5.73. The summed E-state index contributed by atoms with van der Waals surface area (Å²) in [5.74, 6) is -4.14. The van der Waals surface area contributed by atoms with Gasteiger partial charge in [-0.25, -0.2) is 9.78 Å². The number of fused-ring (bicyclic) bond motifs is 1. The second-order valence-electron chi connectivity index (χ2n) is 10.3. The molecule has 4 atom stereocenters. The molecule has 1 aromatic carbocycles. The van der Waals surface area contributed by atoms with Crippen molar-refractivity contribution >= 4 is 40.5 Å². The van der Waals surface area contributed by atoms with E-state index in [1.54, 1.807) is 6.20 Å². The number of nitrogens with two attached hydrogens (primary N) is 3. The number of carbonyl (C=O) groups excluding carboxylic acids is 4. The van der Waals surface area contributed by atoms with E-state index in [0.717, 1.165) is 10.9 Å². The first kappa shape index (κ1) is 32.8. The number of para-hydroxylation sites is 1. The van der Waals surface area contributed by atoms with Crippen LogP contribution in [-0.2, 0) is 36.8 Å². The number of carbonyl (C=O) groups is 5. The lowest BCUT2D eigenvalue weighted by Gasteiger charge is -2.25. The van der Waals surface area contributed by atoms with Crippen LogP contribution in [0.4, 0.5) is 0 Å². The number of nitrogens with zero attached hydrogens (tertiary/aromatic N) is 1. The summed E-state index contributed by atoms with van der Waals surface area (Å²) >= 11 is 0. The molecule has 2 aromatic heterocycles. The molecular weight excluding hydrogens is 558 g/mol. The predicted molar refractivity (Wildman–Crippen MR) is 157 cm³/mol. The highest BCUT2D eigenvalue weighted by Gasteiger charge is 2.31. The fourth-order valence-electron chi connectivity index (χ4n) is 4.56. The Morgan fingerprint density at radius 1 is 0.884 bits per heavy atom. The van der Waals surface area contributed by atoms with Gasteiger partial charge in [-0.3, -0.25) is 19.2 Å². The first-order valence-electron chi connectivity index (χ1n) is 14.0. The van der Waals surface area contributed by atoms with Crippen LogP contribution in [-0.4, -0.2) is 80.4 Å². The van der Waals surface area contributed by atoms with E-state index < -0.39 is 53.8 Å². The zero-order valence-corrected chi connectivity index (χ0v) is 23.7. The number of unbranched alkanes of at least 4 members (excludes halogenated alkanes) is 1. The molecule has 15 heteroatoms. The van der Waals surface area contributed by atoms with E-state index in [-0.39, 0.29) is 25.7 Å². The quantitative estimate of drug-likeness (QED) is 0.0807. The molecule has 0 fully saturated rings. The van der Waals surface area contributed by atoms with Gasteiger partial charge in [-0.2, -0.15) is 0 Å². The third-order valence-electron chi connectivity index (χ3n) is 6.94. The summed E-state index contributed by atoms with van der Waals surface area (Å²) in [7, 11) is 0.